The Hall–Kier alpha value is -1.74. The topological polar surface area (TPSA) is 12.0 Å². The lowest BCUT2D eigenvalue weighted by atomic mass is 9.99. The maximum atomic E-state index is 13.2. The van der Waals surface area contributed by atoms with Crippen molar-refractivity contribution in [3.8, 4) is 0 Å². The number of nitrogens with one attached hydrogen (secondary N) is 1. The fourth-order valence-corrected chi connectivity index (χ4v) is 3.02. The number of fused-ring (bicyclic) bond motifs is 1. The molecule has 1 aliphatic carbocycles. The van der Waals surface area contributed by atoms with Gasteiger partial charge in [0.15, 0.2) is 11.6 Å². The lowest BCUT2D eigenvalue weighted by molar-refractivity contribution is 0.482. The molecular formula is C18H19F2N. The van der Waals surface area contributed by atoms with Gasteiger partial charge in [0.1, 0.15) is 0 Å². The van der Waals surface area contributed by atoms with Crippen LogP contribution in [0, 0.1) is 11.6 Å². The predicted molar refractivity (Wildman–Crippen MR) is 79.9 cm³/mol. The molecule has 0 saturated carbocycles. The van der Waals surface area contributed by atoms with Crippen LogP contribution in [0.15, 0.2) is 42.5 Å². The fraction of sp³-hybridized carbons (Fsp3) is 0.333. The SMILES string of the molecule is Fc1ccc(CNC2CCCCc3ccccc32)cc1F. The minimum Gasteiger partial charge on any atom is -0.306 e. The van der Waals surface area contributed by atoms with E-state index in [1.165, 1.54) is 36.1 Å². The van der Waals surface area contributed by atoms with E-state index in [4.69, 9.17) is 0 Å². The van der Waals surface area contributed by atoms with Gasteiger partial charge in [0.05, 0.1) is 0 Å². The average molecular weight is 287 g/mol. The third-order valence-electron chi connectivity index (χ3n) is 4.16. The third-order valence-corrected chi connectivity index (χ3v) is 4.16. The van der Waals surface area contributed by atoms with Crippen LogP contribution in [-0.2, 0) is 13.0 Å². The van der Waals surface area contributed by atoms with Gasteiger partial charge in [0.25, 0.3) is 0 Å². The van der Waals surface area contributed by atoms with Gasteiger partial charge in [0.2, 0.25) is 0 Å². The average Bonchev–Trinajstić information content (AvgIpc) is 2.71. The lowest BCUT2D eigenvalue weighted by Gasteiger charge is -2.19. The van der Waals surface area contributed by atoms with Crippen molar-refractivity contribution in [1.29, 1.82) is 0 Å². The molecule has 1 unspecified atom stereocenters. The molecule has 110 valence electrons. The molecule has 0 spiro atoms. The fourth-order valence-electron chi connectivity index (χ4n) is 3.02. The second-order valence-corrected chi connectivity index (χ2v) is 5.63. The molecule has 0 fully saturated rings. The minimum atomic E-state index is -0.793. The first-order valence-corrected chi connectivity index (χ1v) is 7.49. The molecule has 0 aliphatic heterocycles. The van der Waals surface area contributed by atoms with Crippen molar-refractivity contribution >= 4 is 0 Å². The molecule has 2 aromatic rings. The molecule has 0 bridgehead atoms. The molecule has 0 heterocycles. The van der Waals surface area contributed by atoms with E-state index < -0.39 is 11.6 Å². The van der Waals surface area contributed by atoms with E-state index in [9.17, 15) is 8.78 Å². The monoisotopic (exact) mass is 287 g/mol. The van der Waals surface area contributed by atoms with E-state index in [-0.39, 0.29) is 6.04 Å². The molecule has 2 aromatic carbocycles. The standard InChI is InChI=1S/C18H19F2N/c19-16-10-9-13(11-17(16)20)12-21-18-8-4-2-6-14-5-1-3-7-15(14)18/h1,3,5,7,9-11,18,21H,2,4,6,8,12H2. The molecule has 0 aromatic heterocycles. The van der Waals surface area contributed by atoms with Gasteiger partial charge in [-0.15, -0.1) is 0 Å². The Bertz CT molecular complexity index is 624. The molecule has 21 heavy (non-hydrogen) atoms. The van der Waals surface area contributed by atoms with E-state index in [0.717, 1.165) is 18.4 Å². The van der Waals surface area contributed by atoms with Crippen LogP contribution in [0.1, 0.15) is 42.0 Å². The summed E-state index contributed by atoms with van der Waals surface area (Å²) in [6.45, 7) is 0.552. The third kappa shape index (κ3) is 3.30. The minimum absolute atomic E-state index is 0.289. The van der Waals surface area contributed by atoms with E-state index in [1.807, 2.05) is 0 Å². The van der Waals surface area contributed by atoms with Gasteiger partial charge in [-0.3, -0.25) is 0 Å². The molecular weight excluding hydrogens is 268 g/mol. The summed E-state index contributed by atoms with van der Waals surface area (Å²) in [4.78, 5) is 0. The van der Waals surface area contributed by atoms with Crippen LogP contribution in [0.5, 0.6) is 0 Å². The first kappa shape index (κ1) is 14.2. The molecule has 0 saturated heterocycles. The second-order valence-electron chi connectivity index (χ2n) is 5.63. The van der Waals surface area contributed by atoms with Gasteiger partial charge < -0.3 is 5.32 Å². The predicted octanol–water partition coefficient (Wildman–Crippen LogP) is 4.52. The zero-order valence-corrected chi connectivity index (χ0v) is 11.9. The van der Waals surface area contributed by atoms with Gasteiger partial charge in [-0.1, -0.05) is 36.8 Å². The molecule has 3 rings (SSSR count). The number of aryl methyl sites for hydroxylation is 1. The highest BCUT2D eigenvalue weighted by Gasteiger charge is 2.17. The Balaban J connectivity index is 1.74. The van der Waals surface area contributed by atoms with Crippen LogP contribution >= 0.6 is 0 Å². The Kier molecular flexibility index (Phi) is 4.30. The molecule has 1 nitrogen and oxygen atoms in total. The lowest BCUT2D eigenvalue weighted by Crippen LogP contribution is -2.21. The van der Waals surface area contributed by atoms with Crippen LogP contribution in [0.25, 0.3) is 0 Å². The first-order chi connectivity index (χ1) is 10.2. The Morgan fingerprint density at radius 1 is 1.00 bits per heavy atom. The summed E-state index contributed by atoms with van der Waals surface area (Å²) in [7, 11) is 0. The first-order valence-electron chi connectivity index (χ1n) is 7.49. The normalized spacial score (nSPS) is 18.1. The van der Waals surface area contributed by atoms with Gasteiger partial charge in [-0.2, -0.15) is 0 Å². The van der Waals surface area contributed by atoms with Crippen molar-refractivity contribution in [2.75, 3.05) is 0 Å². The number of hydrogen-bond donors (Lipinski definition) is 1. The summed E-state index contributed by atoms with van der Waals surface area (Å²) < 4.78 is 26.2. The summed E-state index contributed by atoms with van der Waals surface area (Å²) >= 11 is 0. The smallest absolute Gasteiger partial charge is 0.159 e. The summed E-state index contributed by atoms with van der Waals surface area (Å²) in [6, 6.07) is 12.9. The number of rotatable bonds is 3. The highest BCUT2D eigenvalue weighted by Crippen LogP contribution is 2.28. The maximum Gasteiger partial charge on any atom is 0.159 e. The van der Waals surface area contributed by atoms with Crippen molar-refractivity contribution in [2.24, 2.45) is 0 Å². The van der Waals surface area contributed by atoms with Crippen LogP contribution in [0.3, 0.4) is 0 Å². The second kappa shape index (κ2) is 6.35. The number of benzene rings is 2. The van der Waals surface area contributed by atoms with Gasteiger partial charge in [-0.25, -0.2) is 8.78 Å². The highest BCUT2D eigenvalue weighted by molar-refractivity contribution is 5.31. The van der Waals surface area contributed by atoms with Gasteiger partial charge >= 0.3 is 0 Å². The molecule has 0 amide bonds. The molecule has 3 heteroatoms. The molecule has 1 atom stereocenters. The van der Waals surface area contributed by atoms with Gasteiger partial charge in [-0.05, 0) is 48.1 Å². The Labute approximate surface area is 124 Å². The van der Waals surface area contributed by atoms with Crippen LogP contribution in [0.4, 0.5) is 8.78 Å². The quantitative estimate of drug-likeness (QED) is 0.818. The Morgan fingerprint density at radius 2 is 1.86 bits per heavy atom. The van der Waals surface area contributed by atoms with Crippen molar-refractivity contribution < 1.29 is 8.78 Å². The van der Waals surface area contributed by atoms with Crippen LogP contribution in [-0.4, -0.2) is 0 Å². The Morgan fingerprint density at radius 3 is 2.71 bits per heavy atom. The number of halogens is 2. The van der Waals surface area contributed by atoms with E-state index >= 15 is 0 Å². The zero-order valence-electron chi connectivity index (χ0n) is 11.9. The number of hydrogen-bond acceptors (Lipinski definition) is 1. The largest absolute Gasteiger partial charge is 0.306 e. The van der Waals surface area contributed by atoms with E-state index in [0.29, 0.717) is 6.54 Å². The summed E-state index contributed by atoms with van der Waals surface area (Å²) in [5, 5.41) is 3.49. The van der Waals surface area contributed by atoms with Crippen molar-refractivity contribution in [2.45, 2.75) is 38.3 Å². The molecule has 1 N–H and O–H groups in total. The molecule has 1 aliphatic rings. The van der Waals surface area contributed by atoms with Crippen LogP contribution in [0.2, 0.25) is 0 Å². The molecule has 0 radical (unpaired) electrons. The van der Waals surface area contributed by atoms with E-state index in [1.54, 1.807) is 6.07 Å². The van der Waals surface area contributed by atoms with Crippen LogP contribution < -0.4 is 5.32 Å². The van der Waals surface area contributed by atoms with Gasteiger partial charge in [0, 0.05) is 12.6 Å². The van der Waals surface area contributed by atoms with Crippen molar-refractivity contribution in [1.82, 2.24) is 5.32 Å². The zero-order chi connectivity index (χ0) is 14.7. The highest BCUT2D eigenvalue weighted by atomic mass is 19.2. The summed E-state index contributed by atoms with van der Waals surface area (Å²) in [6.07, 6.45) is 4.60. The summed E-state index contributed by atoms with van der Waals surface area (Å²) in [5.74, 6) is -1.57. The van der Waals surface area contributed by atoms with Crippen molar-refractivity contribution in [3.63, 3.8) is 0 Å². The maximum absolute atomic E-state index is 13.2. The van der Waals surface area contributed by atoms with Crippen molar-refractivity contribution in [3.05, 3.63) is 70.8 Å². The van der Waals surface area contributed by atoms with E-state index in [2.05, 4.69) is 29.6 Å². The summed E-state index contributed by atoms with van der Waals surface area (Å²) in [5.41, 5.74) is 3.52.